The maximum Gasteiger partial charge on any atom is 0.407 e. The van der Waals surface area contributed by atoms with Gasteiger partial charge in [-0.1, -0.05) is 0 Å². The summed E-state index contributed by atoms with van der Waals surface area (Å²) in [5, 5.41) is 5.66. The number of rotatable bonds is 3. The van der Waals surface area contributed by atoms with Gasteiger partial charge in [-0.15, -0.1) is 0 Å². The van der Waals surface area contributed by atoms with E-state index in [1.165, 1.54) is 0 Å². The normalized spacial score (nSPS) is 26.8. The average molecular weight is 390 g/mol. The number of nitrogens with zero attached hydrogens (tertiary/aromatic N) is 1. The van der Waals surface area contributed by atoms with E-state index < -0.39 is 21.5 Å². The van der Waals surface area contributed by atoms with E-state index >= 15 is 0 Å². The molecule has 2 aliphatic rings. The van der Waals surface area contributed by atoms with Crippen molar-refractivity contribution in [2.24, 2.45) is 0 Å². The zero-order valence-corrected chi connectivity index (χ0v) is 16.9. The lowest BCUT2D eigenvalue weighted by atomic mass is 9.97. The number of amides is 3. The average Bonchev–Trinajstić information content (AvgIpc) is 2.84. The lowest BCUT2D eigenvalue weighted by molar-refractivity contribution is 0.0461. The fraction of sp³-hybridized carbons (Fsp3) is 0.882. The molecular weight excluding hydrogens is 358 g/mol. The highest BCUT2D eigenvalue weighted by molar-refractivity contribution is 7.91. The molecule has 8 nitrogen and oxygen atoms in total. The van der Waals surface area contributed by atoms with E-state index in [-0.39, 0.29) is 35.7 Å². The van der Waals surface area contributed by atoms with Crippen molar-refractivity contribution >= 4 is 22.0 Å². The van der Waals surface area contributed by atoms with Gasteiger partial charge in [-0.2, -0.15) is 0 Å². The number of piperidine rings is 1. The number of sulfone groups is 1. The topological polar surface area (TPSA) is 105 Å². The van der Waals surface area contributed by atoms with Crippen molar-refractivity contribution in [2.75, 3.05) is 18.1 Å². The van der Waals surface area contributed by atoms with Crippen LogP contribution >= 0.6 is 0 Å². The Morgan fingerprint density at radius 1 is 1.19 bits per heavy atom. The van der Waals surface area contributed by atoms with E-state index in [4.69, 9.17) is 4.74 Å². The molecule has 26 heavy (non-hydrogen) atoms. The van der Waals surface area contributed by atoms with Crippen LogP contribution in [0.25, 0.3) is 0 Å². The Bertz CT molecular complexity index is 629. The first kappa shape index (κ1) is 20.8. The number of urea groups is 1. The molecule has 9 heteroatoms. The molecule has 0 aromatic heterocycles. The van der Waals surface area contributed by atoms with Crippen molar-refractivity contribution in [3.05, 3.63) is 0 Å². The van der Waals surface area contributed by atoms with Crippen LogP contribution in [-0.2, 0) is 14.6 Å². The Kier molecular flexibility index (Phi) is 6.42. The van der Waals surface area contributed by atoms with Crippen LogP contribution in [0.15, 0.2) is 0 Å². The molecule has 0 bridgehead atoms. The Morgan fingerprint density at radius 3 is 2.46 bits per heavy atom. The predicted molar refractivity (Wildman–Crippen MR) is 98.8 cm³/mol. The number of hydrogen-bond donors (Lipinski definition) is 2. The highest BCUT2D eigenvalue weighted by atomic mass is 32.2. The molecule has 3 amide bonds. The fourth-order valence-electron chi connectivity index (χ4n) is 3.49. The van der Waals surface area contributed by atoms with Gasteiger partial charge in [-0.05, 0) is 53.4 Å². The Morgan fingerprint density at radius 2 is 1.88 bits per heavy atom. The molecule has 2 fully saturated rings. The largest absolute Gasteiger partial charge is 0.444 e. The number of alkyl carbamates (subject to hydrolysis) is 1. The third-order valence-electron chi connectivity index (χ3n) is 4.69. The van der Waals surface area contributed by atoms with Gasteiger partial charge in [0.15, 0.2) is 9.84 Å². The molecule has 0 spiro atoms. The summed E-state index contributed by atoms with van der Waals surface area (Å²) < 4.78 is 28.5. The number of hydrogen-bond acceptors (Lipinski definition) is 5. The van der Waals surface area contributed by atoms with Crippen molar-refractivity contribution in [1.29, 1.82) is 0 Å². The monoisotopic (exact) mass is 389 g/mol. The second kappa shape index (κ2) is 8.02. The highest BCUT2D eigenvalue weighted by Gasteiger charge is 2.35. The van der Waals surface area contributed by atoms with Crippen molar-refractivity contribution in [1.82, 2.24) is 15.5 Å². The minimum atomic E-state index is -3.04. The summed E-state index contributed by atoms with van der Waals surface area (Å²) in [5.41, 5.74) is -0.582. The molecular formula is C17H31N3O5S. The fourth-order valence-corrected chi connectivity index (χ4v) is 5.16. The van der Waals surface area contributed by atoms with Gasteiger partial charge in [0, 0.05) is 18.6 Å². The number of carbonyl (C=O) groups is 2. The van der Waals surface area contributed by atoms with Crippen LogP contribution in [-0.4, -0.2) is 67.2 Å². The standard InChI is InChI=1S/C17H31N3O5S/c1-12(18-16(22)25-17(2,3)4)14-7-5-6-9-20(14)15(21)19-13-8-10-26(23,24)11-13/h12-14H,5-11H2,1-4H3,(H,18,22)(H,19,21). The predicted octanol–water partition coefficient (Wildman–Crippen LogP) is 1.65. The Labute approximate surface area is 155 Å². The van der Waals surface area contributed by atoms with Crippen LogP contribution in [0.5, 0.6) is 0 Å². The maximum atomic E-state index is 12.7. The van der Waals surface area contributed by atoms with Crippen LogP contribution in [0.3, 0.4) is 0 Å². The van der Waals surface area contributed by atoms with E-state index in [1.807, 2.05) is 6.92 Å². The van der Waals surface area contributed by atoms with E-state index in [0.29, 0.717) is 13.0 Å². The van der Waals surface area contributed by atoms with Gasteiger partial charge >= 0.3 is 12.1 Å². The number of ether oxygens (including phenoxy) is 1. The van der Waals surface area contributed by atoms with Gasteiger partial charge in [-0.25, -0.2) is 18.0 Å². The molecule has 2 heterocycles. The molecule has 0 radical (unpaired) electrons. The van der Waals surface area contributed by atoms with Gasteiger partial charge in [0.2, 0.25) is 0 Å². The summed E-state index contributed by atoms with van der Waals surface area (Å²) in [4.78, 5) is 26.4. The zero-order valence-electron chi connectivity index (χ0n) is 16.1. The smallest absolute Gasteiger partial charge is 0.407 e. The van der Waals surface area contributed by atoms with E-state index in [1.54, 1.807) is 25.7 Å². The van der Waals surface area contributed by atoms with E-state index in [2.05, 4.69) is 10.6 Å². The molecule has 3 unspecified atom stereocenters. The van der Waals surface area contributed by atoms with Crippen molar-refractivity contribution in [2.45, 2.75) is 77.1 Å². The second-order valence-electron chi connectivity index (χ2n) is 8.24. The van der Waals surface area contributed by atoms with Gasteiger partial charge in [0.25, 0.3) is 0 Å². The maximum absolute atomic E-state index is 12.7. The summed E-state index contributed by atoms with van der Waals surface area (Å²) in [6.45, 7) is 7.85. The second-order valence-corrected chi connectivity index (χ2v) is 10.5. The highest BCUT2D eigenvalue weighted by Crippen LogP contribution is 2.21. The summed E-state index contributed by atoms with van der Waals surface area (Å²) >= 11 is 0. The van der Waals surface area contributed by atoms with E-state index in [0.717, 1.165) is 19.3 Å². The molecule has 2 N–H and O–H groups in total. The molecule has 0 aromatic rings. The van der Waals surface area contributed by atoms with Gasteiger partial charge < -0.3 is 20.3 Å². The Hall–Kier alpha value is -1.51. The summed E-state index contributed by atoms with van der Waals surface area (Å²) in [7, 11) is -3.04. The number of nitrogens with one attached hydrogen (secondary N) is 2. The molecule has 150 valence electrons. The quantitative estimate of drug-likeness (QED) is 0.764. The lowest BCUT2D eigenvalue weighted by Gasteiger charge is -2.39. The third kappa shape index (κ3) is 6.03. The van der Waals surface area contributed by atoms with E-state index in [9.17, 15) is 18.0 Å². The van der Waals surface area contributed by atoms with Crippen LogP contribution in [0.1, 0.15) is 53.4 Å². The first-order valence-corrected chi connectivity index (χ1v) is 11.1. The molecule has 0 aliphatic carbocycles. The van der Waals surface area contributed by atoms with Crippen molar-refractivity contribution in [3.63, 3.8) is 0 Å². The van der Waals surface area contributed by atoms with Crippen molar-refractivity contribution < 1.29 is 22.7 Å². The minimum Gasteiger partial charge on any atom is -0.444 e. The molecule has 2 saturated heterocycles. The molecule has 0 aromatic carbocycles. The Balaban J connectivity index is 1.95. The first-order valence-electron chi connectivity index (χ1n) is 9.24. The van der Waals surface area contributed by atoms with Gasteiger partial charge in [0.05, 0.1) is 17.5 Å². The van der Waals surface area contributed by atoms with Crippen molar-refractivity contribution in [3.8, 4) is 0 Å². The number of carbonyl (C=O) groups excluding carboxylic acids is 2. The molecule has 0 saturated carbocycles. The third-order valence-corrected chi connectivity index (χ3v) is 6.46. The summed E-state index contributed by atoms with van der Waals surface area (Å²) in [6, 6.07) is -0.990. The zero-order chi connectivity index (χ0) is 19.5. The molecule has 2 aliphatic heterocycles. The van der Waals surface area contributed by atoms with Crippen LogP contribution in [0, 0.1) is 0 Å². The summed E-state index contributed by atoms with van der Waals surface area (Å²) in [6.07, 6.45) is 2.61. The summed E-state index contributed by atoms with van der Waals surface area (Å²) in [5.74, 6) is 0.126. The first-order chi connectivity index (χ1) is 12.0. The van der Waals surface area contributed by atoms with Gasteiger partial charge in [-0.3, -0.25) is 0 Å². The number of likely N-dealkylation sites (tertiary alicyclic amines) is 1. The molecule has 2 rings (SSSR count). The van der Waals surface area contributed by atoms with Gasteiger partial charge in [0.1, 0.15) is 5.60 Å². The lowest BCUT2D eigenvalue weighted by Crippen LogP contribution is -2.58. The minimum absolute atomic E-state index is 0.00294. The van der Waals surface area contributed by atoms with Crippen LogP contribution in [0.2, 0.25) is 0 Å². The van der Waals surface area contributed by atoms with Crippen LogP contribution in [0.4, 0.5) is 9.59 Å². The molecule has 3 atom stereocenters. The SMILES string of the molecule is CC(NC(=O)OC(C)(C)C)C1CCCCN1C(=O)NC1CCS(=O)(=O)C1. The van der Waals surface area contributed by atoms with Crippen LogP contribution < -0.4 is 10.6 Å².